The molecule has 2 aromatic heterocycles. The monoisotopic (exact) mass is 240 g/mol. The summed E-state index contributed by atoms with van der Waals surface area (Å²) in [6.45, 7) is 0.390. The van der Waals surface area contributed by atoms with E-state index in [0.29, 0.717) is 18.3 Å². The number of hydrogen-bond donors (Lipinski definition) is 2. The maximum atomic E-state index is 5.62. The number of hydrogen-bond acceptors (Lipinski definition) is 7. The van der Waals surface area contributed by atoms with E-state index in [0.717, 1.165) is 0 Å². The minimum Gasteiger partial charge on any atom is -0.368 e. The van der Waals surface area contributed by atoms with Gasteiger partial charge in [-0.3, -0.25) is 4.68 Å². The van der Waals surface area contributed by atoms with Gasteiger partial charge < -0.3 is 11.1 Å². The Morgan fingerprint density at radius 3 is 2.88 bits per heavy atom. The van der Waals surface area contributed by atoms with Crippen LogP contribution in [0.15, 0.2) is 6.33 Å². The minimum absolute atomic E-state index is 0.0454. The van der Waals surface area contributed by atoms with Crippen LogP contribution >= 0.6 is 11.6 Å². The van der Waals surface area contributed by atoms with Gasteiger partial charge in [-0.05, 0) is 11.6 Å². The normalized spacial score (nSPS) is 10.4. The second kappa shape index (κ2) is 4.27. The summed E-state index contributed by atoms with van der Waals surface area (Å²) in [5.41, 5.74) is 5.41. The number of anilines is 2. The third-order valence-electron chi connectivity index (χ3n) is 1.68. The fourth-order valence-corrected chi connectivity index (χ4v) is 1.23. The highest BCUT2D eigenvalue weighted by molar-refractivity contribution is 6.28. The topological polar surface area (TPSA) is 107 Å². The van der Waals surface area contributed by atoms with Crippen molar-refractivity contribution >= 4 is 23.5 Å². The van der Waals surface area contributed by atoms with Crippen molar-refractivity contribution in [2.24, 2.45) is 7.05 Å². The number of nitrogens with two attached hydrogens (primary N) is 1. The highest BCUT2D eigenvalue weighted by Crippen LogP contribution is 2.07. The van der Waals surface area contributed by atoms with E-state index < -0.39 is 0 Å². The van der Waals surface area contributed by atoms with Gasteiger partial charge in [-0.2, -0.15) is 20.1 Å². The maximum Gasteiger partial charge on any atom is 0.229 e. The quantitative estimate of drug-likeness (QED) is 0.768. The number of rotatable bonds is 3. The Hall–Kier alpha value is -1.96. The summed E-state index contributed by atoms with van der Waals surface area (Å²) in [4.78, 5) is 15.4. The van der Waals surface area contributed by atoms with Crippen molar-refractivity contribution in [2.75, 3.05) is 11.1 Å². The summed E-state index contributed by atoms with van der Waals surface area (Å²) < 4.78 is 1.60. The van der Waals surface area contributed by atoms with Crippen molar-refractivity contribution in [3.63, 3.8) is 0 Å². The number of nitrogens with one attached hydrogen (secondary N) is 1. The van der Waals surface area contributed by atoms with Gasteiger partial charge in [0.1, 0.15) is 6.33 Å². The van der Waals surface area contributed by atoms with Gasteiger partial charge in [0.05, 0.1) is 6.54 Å². The fraction of sp³-hybridized carbons (Fsp3) is 0.286. The summed E-state index contributed by atoms with van der Waals surface area (Å²) in [6, 6.07) is 0. The predicted molar refractivity (Wildman–Crippen MR) is 57.6 cm³/mol. The Kier molecular flexibility index (Phi) is 2.82. The van der Waals surface area contributed by atoms with E-state index in [4.69, 9.17) is 17.3 Å². The molecule has 2 heterocycles. The smallest absolute Gasteiger partial charge is 0.229 e. The molecule has 0 atom stereocenters. The van der Waals surface area contributed by atoms with Crippen LogP contribution in [0.1, 0.15) is 5.82 Å². The summed E-state index contributed by atoms with van der Waals surface area (Å²) in [7, 11) is 1.79. The SMILES string of the molecule is Cn1cnc(CNc2nc(N)nc(Cl)n2)n1. The van der Waals surface area contributed by atoms with Gasteiger partial charge in [0, 0.05) is 7.05 Å². The molecular weight excluding hydrogens is 232 g/mol. The Bertz CT molecular complexity index is 475. The number of nitrogen functional groups attached to an aromatic ring is 1. The van der Waals surface area contributed by atoms with E-state index in [-0.39, 0.29) is 11.2 Å². The number of aryl methyl sites for hydroxylation is 1. The molecule has 2 aromatic rings. The van der Waals surface area contributed by atoms with Crippen molar-refractivity contribution in [2.45, 2.75) is 6.54 Å². The second-order valence-corrected chi connectivity index (χ2v) is 3.31. The number of halogens is 1. The standard InChI is InChI=1S/C7H9ClN8/c1-16-3-11-4(15-16)2-10-7-13-5(8)12-6(9)14-7/h3H,2H2,1H3,(H3,9,10,12,13,14). The molecule has 3 N–H and O–H groups in total. The lowest BCUT2D eigenvalue weighted by atomic mass is 10.6. The van der Waals surface area contributed by atoms with E-state index in [1.807, 2.05) is 0 Å². The lowest BCUT2D eigenvalue weighted by molar-refractivity contribution is 0.746. The lowest BCUT2D eigenvalue weighted by Crippen LogP contribution is -2.08. The van der Waals surface area contributed by atoms with Gasteiger partial charge in [0.25, 0.3) is 0 Å². The van der Waals surface area contributed by atoms with Crippen LogP contribution in [0.25, 0.3) is 0 Å². The molecule has 0 radical (unpaired) electrons. The van der Waals surface area contributed by atoms with Gasteiger partial charge in [-0.25, -0.2) is 4.98 Å². The molecule has 2 rings (SSSR count). The molecule has 0 aliphatic heterocycles. The van der Waals surface area contributed by atoms with Crippen molar-refractivity contribution in [1.29, 1.82) is 0 Å². The van der Waals surface area contributed by atoms with Gasteiger partial charge in [0.2, 0.25) is 17.2 Å². The zero-order valence-electron chi connectivity index (χ0n) is 8.42. The number of nitrogens with zero attached hydrogens (tertiary/aromatic N) is 6. The molecule has 0 unspecified atom stereocenters. The summed E-state index contributed by atoms with van der Waals surface area (Å²) in [5.74, 6) is 0.985. The minimum atomic E-state index is 0.0454. The Morgan fingerprint density at radius 1 is 1.44 bits per heavy atom. The molecule has 0 saturated carbocycles. The van der Waals surface area contributed by atoms with Crippen molar-refractivity contribution in [1.82, 2.24) is 29.7 Å². The molecule has 0 aliphatic carbocycles. The molecule has 0 fully saturated rings. The lowest BCUT2D eigenvalue weighted by Gasteiger charge is -2.02. The average molecular weight is 241 g/mol. The van der Waals surface area contributed by atoms with Crippen LogP contribution in [0.3, 0.4) is 0 Å². The first-order valence-corrected chi connectivity index (χ1v) is 4.77. The van der Waals surface area contributed by atoms with Gasteiger partial charge in [0.15, 0.2) is 5.82 Å². The van der Waals surface area contributed by atoms with Gasteiger partial charge in [-0.15, -0.1) is 0 Å². The Labute approximate surface area is 95.9 Å². The fourth-order valence-electron chi connectivity index (χ4n) is 1.07. The van der Waals surface area contributed by atoms with E-state index >= 15 is 0 Å². The van der Waals surface area contributed by atoms with Gasteiger partial charge in [-0.1, -0.05) is 0 Å². The zero-order valence-corrected chi connectivity index (χ0v) is 9.18. The molecule has 0 aliphatic rings. The molecule has 8 nitrogen and oxygen atoms in total. The highest BCUT2D eigenvalue weighted by Gasteiger charge is 2.03. The van der Waals surface area contributed by atoms with Crippen molar-refractivity contribution in [3.8, 4) is 0 Å². The Balaban J connectivity index is 2.04. The second-order valence-electron chi connectivity index (χ2n) is 2.97. The molecule has 0 amide bonds. The molecule has 9 heteroatoms. The average Bonchev–Trinajstić information content (AvgIpc) is 2.60. The van der Waals surface area contributed by atoms with Crippen LogP contribution in [0.4, 0.5) is 11.9 Å². The van der Waals surface area contributed by atoms with E-state index in [1.165, 1.54) is 0 Å². The predicted octanol–water partition coefficient (Wildman–Crippen LogP) is -0.152. The molecule has 0 bridgehead atoms. The molecule has 0 aromatic carbocycles. The number of aromatic nitrogens is 6. The van der Waals surface area contributed by atoms with Crippen LogP contribution < -0.4 is 11.1 Å². The summed E-state index contributed by atoms with van der Waals surface area (Å²) >= 11 is 5.62. The Morgan fingerprint density at radius 2 is 2.25 bits per heavy atom. The third kappa shape index (κ3) is 2.54. The van der Waals surface area contributed by atoms with Crippen LogP contribution in [0, 0.1) is 0 Å². The van der Waals surface area contributed by atoms with Gasteiger partial charge >= 0.3 is 0 Å². The molecule has 84 valence electrons. The molecule has 16 heavy (non-hydrogen) atoms. The van der Waals surface area contributed by atoms with Crippen LogP contribution in [-0.2, 0) is 13.6 Å². The van der Waals surface area contributed by atoms with Crippen LogP contribution in [0.5, 0.6) is 0 Å². The van der Waals surface area contributed by atoms with E-state index in [1.54, 1.807) is 18.1 Å². The van der Waals surface area contributed by atoms with Crippen molar-refractivity contribution in [3.05, 3.63) is 17.4 Å². The largest absolute Gasteiger partial charge is 0.368 e. The highest BCUT2D eigenvalue weighted by atomic mass is 35.5. The summed E-state index contributed by atoms with van der Waals surface area (Å²) in [6.07, 6.45) is 1.60. The molecule has 0 saturated heterocycles. The maximum absolute atomic E-state index is 5.62. The molecule has 0 spiro atoms. The molecular formula is C7H9ClN8. The van der Waals surface area contributed by atoms with Crippen LogP contribution in [-0.4, -0.2) is 29.7 Å². The first-order valence-electron chi connectivity index (χ1n) is 4.39. The van der Waals surface area contributed by atoms with Crippen LogP contribution in [0.2, 0.25) is 5.28 Å². The van der Waals surface area contributed by atoms with E-state index in [9.17, 15) is 0 Å². The summed E-state index contributed by atoms with van der Waals surface area (Å²) in [5, 5.41) is 7.01. The van der Waals surface area contributed by atoms with Crippen molar-refractivity contribution < 1.29 is 0 Å². The first-order chi connectivity index (χ1) is 7.63. The zero-order chi connectivity index (χ0) is 11.5. The first kappa shape index (κ1) is 10.6. The van der Waals surface area contributed by atoms with E-state index in [2.05, 4.69) is 30.4 Å². The third-order valence-corrected chi connectivity index (χ3v) is 1.85.